The van der Waals surface area contributed by atoms with Crippen LogP contribution in [0.1, 0.15) is 12.5 Å². The summed E-state index contributed by atoms with van der Waals surface area (Å²) >= 11 is 0. The molecular weight excluding hydrogens is 258 g/mol. The zero-order chi connectivity index (χ0) is 14.5. The summed E-state index contributed by atoms with van der Waals surface area (Å²) < 4.78 is 10.9. The third kappa shape index (κ3) is 3.71. The molecule has 5 heteroatoms. The number of aliphatic hydroxyl groups excluding tert-OH is 1. The summed E-state index contributed by atoms with van der Waals surface area (Å²) in [5.41, 5.74) is 1.09. The minimum Gasteiger partial charge on any atom is -0.484 e. The Kier molecular flexibility index (Phi) is 4.98. The van der Waals surface area contributed by atoms with Crippen molar-refractivity contribution in [3.63, 3.8) is 0 Å². The van der Waals surface area contributed by atoms with Gasteiger partial charge in [-0.25, -0.2) is 0 Å². The number of hydrogen-bond donors (Lipinski definition) is 1. The fourth-order valence-corrected chi connectivity index (χ4v) is 2.21. The van der Waals surface area contributed by atoms with E-state index in [-0.39, 0.29) is 31.3 Å². The lowest BCUT2D eigenvalue weighted by Crippen LogP contribution is -2.53. The van der Waals surface area contributed by atoms with Gasteiger partial charge >= 0.3 is 0 Å². The van der Waals surface area contributed by atoms with Crippen molar-refractivity contribution in [2.45, 2.75) is 26.0 Å². The summed E-state index contributed by atoms with van der Waals surface area (Å²) in [6.07, 6.45) is -0.297. The number of carbonyl (C=O) groups excluding carboxylic acids is 1. The first-order chi connectivity index (χ1) is 9.60. The number of aliphatic hydroxyl groups is 1. The molecule has 5 nitrogen and oxygen atoms in total. The molecule has 2 unspecified atom stereocenters. The van der Waals surface area contributed by atoms with E-state index in [0.29, 0.717) is 18.9 Å². The molecule has 1 amide bonds. The number of amides is 1. The average molecular weight is 279 g/mol. The maximum absolute atomic E-state index is 12.2. The molecule has 1 aromatic carbocycles. The lowest BCUT2D eigenvalue weighted by atomic mass is 10.2. The van der Waals surface area contributed by atoms with Gasteiger partial charge in [-0.1, -0.05) is 12.1 Å². The quantitative estimate of drug-likeness (QED) is 0.892. The molecular formula is C15H21NO4. The number of nitrogens with zero attached hydrogens (tertiary/aromatic N) is 1. The van der Waals surface area contributed by atoms with Gasteiger partial charge in [-0.15, -0.1) is 0 Å². The van der Waals surface area contributed by atoms with Crippen molar-refractivity contribution >= 4 is 5.91 Å². The molecule has 1 aromatic rings. The van der Waals surface area contributed by atoms with E-state index in [1.54, 1.807) is 4.90 Å². The van der Waals surface area contributed by atoms with E-state index in [9.17, 15) is 4.79 Å². The molecule has 0 aliphatic carbocycles. The highest BCUT2D eigenvalue weighted by molar-refractivity contribution is 5.78. The highest BCUT2D eigenvalue weighted by Gasteiger charge is 2.29. The number of carbonyl (C=O) groups is 1. The largest absolute Gasteiger partial charge is 0.484 e. The van der Waals surface area contributed by atoms with Crippen LogP contribution in [0.5, 0.6) is 5.75 Å². The van der Waals surface area contributed by atoms with Crippen LogP contribution in [0.3, 0.4) is 0 Å². The van der Waals surface area contributed by atoms with Crippen LogP contribution in [0.15, 0.2) is 24.3 Å². The Bertz CT molecular complexity index is 463. The van der Waals surface area contributed by atoms with Gasteiger partial charge in [0.25, 0.3) is 5.91 Å². The Hall–Kier alpha value is -1.59. The standard InChI is InChI=1S/C15H21NO4/c1-11-4-3-5-13(6-11)20-10-15(18)16-7-14(8-17)19-9-12(16)2/h3-6,12,14,17H,7-10H2,1-2H3. The van der Waals surface area contributed by atoms with Crippen LogP contribution >= 0.6 is 0 Å². The second-order valence-corrected chi connectivity index (χ2v) is 5.14. The molecule has 1 aliphatic heterocycles. The fourth-order valence-electron chi connectivity index (χ4n) is 2.21. The van der Waals surface area contributed by atoms with Crippen LogP contribution < -0.4 is 4.74 Å². The average Bonchev–Trinajstić information content (AvgIpc) is 2.45. The predicted octanol–water partition coefficient (Wildman–Crippen LogP) is 0.982. The zero-order valence-electron chi connectivity index (χ0n) is 11.9. The number of hydrogen-bond acceptors (Lipinski definition) is 4. The molecule has 110 valence electrons. The zero-order valence-corrected chi connectivity index (χ0v) is 11.9. The van der Waals surface area contributed by atoms with Gasteiger partial charge < -0.3 is 19.5 Å². The Morgan fingerprint density at radius 2 is 2.35 bits per heavy atom. The molecule has 1 saturated heterocycles. The summed E-state index contributed by atoms with van der Waals surface area (Å²) in [6.45, 7) is 4.69. The first-order valence-corrected chi connectivity index (χ1v) is 6.81. The Balaban J connectivity index is 1.90. The van der Waals surface area contributed by atoms with Crippen molar-refractivity contribution in [2.24, 2.45) is 0 Å². The molecule has 2 rings (SSSR count). The van der Waals surface area contributed by atoms with Gasteiger partial charge in [0.1, 0.15) is 5.75 Å². The van der Waals surface area contributed by atoms with Gasteiger partial charge in [0, 0.05) is 6.54 Å². The molecule has 0 spiro atoms. The highest BCUT2D eigenvalue weighted by Crippen LogP contribution is 2.15. The van der Waals surface area contributed by atoms with Gasteiger partial charge in [-0.2, -0.15) is 0 Å². The second-order valence-electron chi connectivity index (χ2n) is 5.14. The van der Waals surface area contributed by atoms with Crippen molar-refractivity contribution in [1.29, 1.82) is 0 Å². The van der Waals surface area contributed by atoms with Crippen molar-refractivity contribution in [1.82, 2.24) is 4.90 Å². The molecule has 20 heavy (non-hydrogen) atoms. The van der Waals surface area contributed by atoms with Crippen LogP contribution in [0.2, 0.25) is 0 Å². The lowest BCUT2D eigenvalue weighted by Gasteiger charge is -2.37. The van der Waals surface area contributed by atoms with Crippen LogP contribution in [0.4, 0.5) is 0 Å². The van der Waals surface area contributed by atoms with E-state index in [1.165, 1.54) is 0 Å². The van der Waals surface area contributed by atoms with Gasteiger partial charge in [0.05, 0.1) is 25.4 Å². The predicted molar refractivity (Wildman–Crippen MR) is 74.7 cm³/mol. The fraction of sp³-hybridized carbons (Fsp3) is 0.533. The van der Waals surface area contributed by atoms with E-state index >= 15 is 0 Å². The van der Waals surface area contributed by atoms with E-state index in [2.05, 4.69) is 0 Å². The molecule has 0 bridgehead atoms. The van der Waals surface area contributed by atoms with Crippen LogP contribution in [0.25, 0.3) is 0 Å². The molecule has 1 aliphatic rings. The minimum absolute atomic E-state index is 0.00589. The highest BCUT2D eigenvalue weighted by atomic mass is 16.5. The topological polar surface area (TPSA) is 59.0 Å². The van der Waals surface area contributed by atoms with E-state index in [1.807, 2.05) is 38.1 Å². The third-order valence-corrected chi connectivity index (χ3v) is 3.38. The first-order valence-electron chi connectivity index (χ1n) is 6.81. The second kappa shape index (κ2) is 6.72. The van der Waals surface area contributed by atoms with Gasteiger partial charge in [0.2, 0.25) is 0 Å². The molecule has 0 radical (unpaired) electrons. The number of aryl methyl sites for hydroxylation is 1. The summed E-state index contributed by atoms with van der Waals surface area (Å²) in [7, 11) is 0. The van der Waals surface area contributed by atoms with Crippen LogP contribution in [-0.4, -0.2) is 54.4 Å². The summed E-state index contributed by atoms with van der Waals surface area (Å²) in [6, 6.07) is 7.61. The number of ether oxygens (including phenoxy) is 2. The van der Waals surface area contributed by atoms with E-state index < -0.39 is 0 Å². The molecule has 2 atom stereocenters. The van der Waals surface area contributed by atoms with E-state index in [0.717, 1.165) is 5.56 Å². The molecule has 0 aromatic heterocycles. The first kappa shape index (κ1) is 14.8. The van der Waals surface area contributed by atoms with Gasteiger partial charge in [-0.3, -0.25) is 4.79 Å². The normalized spacial score (nSPS) is 22.6. The minimum atomic E-state index is -0.297. The molecule has 1 N–H and O–H groups in total. The molecule has 1 fully saturated rings. The summed E-state index contributed by atoms with van der Waals surface area (Å²) in [5.74, 6) is 0.610. The van der Waals surface area contributed by atoms with Crippen LogP contribution in [-0.2, 0) is 9.53 Å². The summed E-state index contributed by atoms with van der Waals surface area (Å²) in [4.78, 5) is 13.9. The maximum atomic E-state index is 12.2. The van der Waals surface area contributed by atoms with E-state index in [4.69, 9.17) is 14.6 Å². The number of rotatable bonds is 4. The SMILES string of the molecule is Cc1cccc(OCC(=O)N2CC(CO)OCC2C)c1. The lowest BCUT2D eigenvalue weighted by molar-refractivity contribution is -0.148. The van der Waals surface area contributed by atoms with Crippen molar-refractivity contribution in [3.05, 3.63) is 29.8 Å². The Morgan fingerprint density at radius 1 is 1.55 bits per heavy atom. The summed E-state index contributed by atoms with van der Waals surface area (Å²) in [5, 5.41) is 9.12. The Labute approximate surface area is 119 Å². The number of benzene rings is 1. The molecule has 0 saturated carbocycles. The van der Waals surface area contributed by atoms with Crippen molar-refractivity contribution in [2.75, 3.05) is 26.4 Å². The van der Waals surface area contributed by atoms with Crippen molar-refractivity contribution < 1.29 is 19.4 Å². The monoisotopic (exact) mass is 279 g/mol. The maximum Gasteiger partial charge on any atom is 0.260 e. The third-order valence-electron chi connectivity index (χ3n) is 3.38. The smallest absolute Gasteiger partial charge is 0.260 e. The number of morpholine rings is 1. The van der Waals surface area contributed by atoms with Crippen LogP contribution in [0, 0.1) is 6.92 Å². The van der Waals surface area contributed by atoms with Crippen molar-refractivity contribution in [3.8, 4) is 5.75 Å². The van der Waals surface area contributed by atoms with Gasteiger partial charge in [0.15, 0.2) is 6.61 Å². The Morgan fingerprint density at radius 3 is 3.05 bits per heavy atom. The van der Waals surface area contributed by atoms with Gasteiger partial charge in [-0.05, 0) is 31.5 Å². The molecule has 1 heterocycles.